The third-order valence-corrected chi connectivity index (χ3v) is 3.86. The zero-order valence-corrected chi connectivity index (χ0v) is 13.0. The van der Waals surface area contributed by atoms with Crippen LogP contribution in [0.1, 0.15) is 44.4 Å². The Kier molecular flexibility index (Phi) is 4.50. The van der Waals surface area contributed by atoms with E-state index in [2.05, 4.69) is 0 Å². The molecule has 0 saturated carbocycles. The first-order valence-electron chi connectivity index (χ1n) is 6.62. The predicted octanol–water partition coefficient (Wildman–Crippen LogP) is 1.87. The topological polar surface area (TPSA) is 49.7 Å². The Morgan fingerprint density at radius 2 is 1.42 bits per heavy atom. The number of rotatable bonds is 4. The lowest BCUT2D eigenvalue weighted by Gasteiger charge is -2.38. The molecule has 1 aromatic rings. The first-order valence-corrected chi connectivity index (χ1v) is 6.62. The van der Waals surface area contributed by atoms with Crippen LogP contribution in [0.15, 0.2) is 12.1 Å². The molecule has 0 heterocycles. The van der Waals surface area contributed by atoms with Crippen LogP contribution in [0.3, 0.4) is 0 Å². The highest BCUT2D eigenvalue weighted by Crippen LogP contribution is 2.25. The summed E-state index contributed by atoms with van der Waals surface area (Å²) in [5, 5.41) is 20.4. The SMILES string of the molecule is Cc1cc(C)c(B(O)OC(C)(C)C(C)(C)O)c(C)c1. The minimum Gasteiger partial charge on any atom is -0.423 e. The van der Waals surface area contributed by atoms with Crippen molar-refractivity contribution in [3.63, 3.8) is 0 Å². The maximum Gasteiger partial charge on any atom is 0.492 e. The smallest absolute Gasteiger partial charge is 0.423 e. The summed E-state index contributed by atoms with van der Waals surface area (Å²) >= 11 is 0. The number of aliphatic hydroxyl groups is 1. The Morgan fingerprint density at radius 3 is 1.79 bits per heavy atom. The van der Waals surface area contributed by atoms with Gasteiger partial charge in [-0.1, -0.05) is 28.8 Å². The number of hydrogen-bond acceptors (Lipinski definition) is 3. The zero-order chi connectivity index (χ0) is 15.0. The van der Waals surface area contributed by atoms with Crippen LogP contribution in [-0.4, -0.2) is 28.5 Å². The van der Waals surface area contributed by atoms with Gasteiger partial charge in [-0.3, -0.25) is 0 Å². The van der Waals surface area contributed by atoms with Crippen LogP contribution in [0.2, 0.25) is 0 Å². The number of benzene rings is 1. The summed E-state index contributed by atoms with van der Waals surface area (Å²) in [6.07, 6.45) is 0. The highest BCUT2D eigenvalue weighted by Gasteiger charge is 2.40. The molecule has 0 radical (unpaired) electrons. The van der Waals surface area contributed by atoms with Crippen LogP contribution in [0.5, 0.6) is 0 Å². The van der Waals surface area contributed by atoms with E-state index >= 15 is 0 Å². The van der Waals surface area contributed by atoms with Crippen LogP contribution in [0, 0.1) is 20.8 Å². The van der Waals surface area contributed by atoms with Gasteiger partial charge in [0.15, 0.2) is 0 Å². The van der Waals surface area contributed by atoms with E-state index in [1.54, 1.807) is 27.7 Å². The summed E-state index contributed by atoms with van der Waals surface area (Å²) in [6.45, 7) is 12.8. The second kappa shape index (κ2) is 5.27. The van der Waals surface area contributed by atoms with Crippen LogP contribution >= 0.6 is 0 Å². The summed E-state index contributed by atoms with van der Waals surface area (Å²) in [7, 11) is -1.04. The molecular weight excluding hydrogens is 239 g/mol. The van der Waals surface area contributed by atoms with E-state index in [1.165, 1.54) is 0 Å². The molecule has 0 aliphatic heterocycles. The molecule has 1 rings (SSSR count). The van der Waals surface area contributed by atoms with E-state index in [0.717, 1.165) is 22.2 Å². The normalized spacial score (nSPS) is 12.7. The van der Waals surface area contributed by atoms with E-state index in [9.17, 15) is 10.1 Å². The van der Waals surface area contributed by atoms with Gasteiger partial charge in [-0.25, -0.2) is 0 Å². The quantitative estimate of drug-likeness (QED) is 0.816. The van der Waals surface area contributed by atoms with E-state index in [4.69, 9.17) is 4.65 Å². The van der Waals surface area contributed by atoms with Gasteiger partial charge in [-0.2, -0.15) is 0 Å². The summed E-state index contributed by atoms with van der Waals surface area (Å²) in [5.41, 5.74) is 2.04. The molecule has 0 atom stereocenters. The minimum absolute atomic E-state index is 0.780. The van der Waals surface area contributed by atoms with Crippen molar-refractivity contribution >= 4 is 12.6 Å². The van der Waals surface area contributed by atoms with Crippen LogP contribution in [0.4, 0.5) is 0 Å². The van der Waals surface area contributed by atoms with E-state index in [1.807, 2.05) is 32.9 Å². The molecule has 2 N–H and O–H groups in total. The fourth-order valence-electron chi connectivity index (χ4n) is 2.06. The average molecular weight is 264 g/mol. The summed E-state index contributed by atoms with van der Waals surface area (Å²) in [5.74, 6) is 0. The van der Waals surface area contributed by atoms with Crippen molar-refractivity contribution in [3.8, 4) is 0 Å². The second-order valence-corrected chi connectivity index (χ2v) is 6.35. The Bertz CT molecular complexity index is 438. The third kappa shape index (κ3) is 3.59. The molecule has 1 aromatic carbocycles. The fraction of sp³-hybridized carbons (Fsp3) is 0.600. The van der Waals surface area contributed by atoms with Gasteiger partial charge in [0, 0.05) is 0 Å². The van der Waals surface area contributed by atoms with Gasteiger partial charge in [0.2, 0.25) is 0 Å². The molecule has 0 amide bonds. The molecule has 0 fully saturated rings. The molecule has 0 aromatic heterocycles. The molecule has 0 aliphatic rings. The van der Waals surface area contributed by atoms with E-state index in [-0.39, 0.29) is 0 Å². The first-order chi connectivity index (χ1) is 8.45. The van der Waals surface area contributed by atoms with Crippen molar-refractivity contribution in [1.29, 1.82) is 0 Å². The third-order valence-electron chi connectivity index (χ3n) is 3.86. The van der Waals surface area contributed by atoms with Gasteiger partial charge >= 0.3 is 7.12 Å². The van der Waals surface area contributed by atoms with Gasteiger partial charge in [-0.15, -0.1) is 0 Å². The molecule has 0 unspecified atom stereocenters. The van der Waals surface area contributed by atoms with Crippen molar-refractivity contribution in [2.45, 2.75) is 59.7 Å². The highest BCUT2D eigenvalue weighted by atomic mass is 16.5. The van der Waals surface area contributed by atoms with Gasteiger partial charge in [0.1, 0.15) is 0 Å². The molecule has 0 saturated heterocycles. The van der Waals surface area contributed by atoms with Crippen molar-refractivity contribution in [2.75, 3.05) is 0 Å². The Morgan fingerprint density at radius 1 is 1.00 bits per heavy atom. The van der Waals surface area contributed by atoms with Crippen molar-refractivity contribution in [2.24, 2.45) is 0 Å². The zero-order valence-electron chi connectivity index (χ0n) is 13.0. The largest absolute Gasteiger partial charge is 0.492 e. The van der Waals surface area contributed by atoms with E-state index < -0.39 is 18.3 Å². The molecule has 19 heavy (non-hydrogen) atoms. The Labute approximate surface area is 116 Å². The first kappa shape index (κ1) is 16.2. The van der Waals surface area contributed by atoms with Gasteiger partial charge < -0.3 is 14.8 Å². The molecule has 0 bridgehead atoms. The summed E-state index contributed by atoms with van der Waals surface area (Å²) in [4.78, 5) is 0. The molecular formula is C15H25BO3. The number of aryl methyl sites for hydroxylation is 3. The van der Waals surface area contributed by atoms with Gasteiger partial charge in [-0.05, 0) is 53.9 Å². The van der Waals surface area contributed by atoms with Crippen molar-refractivity contribution < 1.29 is 14.8 Å². The van der Waals surface area contributed by atoms with E-state index in [0.29, 0.717) is 0 Å². The van der Waals surface area contributed by atoms with Crippen molar-refractivity contribution in [1.82, 2.24) is 0 Å². The fourth-order valence-corrected chi connectivity index (χ4v) is 2.06. The van der Waals surface area contributed by atoms with Crippen LogP contribution in [-0.2, 0) is 4.65 Å². The average Bonchev–Trinajstić information content (AvgIpc) is 2.12. The van der Waals surface area contributed by atoms with Gasteiger partial charge in [0.25, 0.3) is 0 Å². The molecule has 0 aliphatic carbocycles. The molecule has 4 heteroatoms. The number of hydrogen-bond donors (Lipinski definition) is 2. The Hall–Kier alpha value is -0.835. The second-order valence-electron chi connectivity index (χ2n) is 6.35. The maximum atomic E-state index is 10.3. The van der Waals surface area contributed by atoms with Gasteiger partial charge in [0.05, 0.1) is 11.2 Å². The highest BCUT2D eigenvalue weighted by molar-refractivity contribution is 6.61. The monoisotopic (exact) mass is 264 g/mol. The molecule has 3 nitrogen and oxygen atoms in total. The maximum absolute atomic E-state index is 10.3. The molecule has 106 valence electrons. The molecule has 0 spiro atoms. The summed E-state index contributed by atoms with van der Waals surface area (Å²) < 4.78 is 5.70. The summed E-state index contributed by atoms with van der Waals surface area (Å²) in [6, 6.07) is 4.04. The predicted molar refractivity (Wildman–Crippen MR) is 79.7 cm³/mol. The lowest BCUT2D eigenvalue weighted by molar-refractivity contribution is -0.0982. The standard InChI is InChI=1S/C15H25BO3/c1-10-8-11(2)13(12(3)9-10)16(18)19-15(6,7)14(4,5)17/h8-9,17-18H,1-7H3. The lowest BCUT2D eigenvalue weighted by Crippen LogP contribution is -2.53. The van der Waals surface area contributed by atoms with Crippen molar-refractivity contribution in [3.05, 3.63) is 28.8 Å². The minimum atomic E-state index is -1.04. The Balaban J connectivity index is 3.06. The lowest BCUT2D eigenvalue weighted by atomic mass is 9.71. The van der Waals surface area contributed by atoms with Crippen LogP contribution in [0.25, 0.3) is 0 Å². The van der Waals surface area contributed by atoms with Crippen LogP contribution < -0.4 is 5.46 Å².